The molecular formula is C26H36FN6O7P. The van der Waals surface area contributed by atoms with Gasteiger partial charge < -0.3 is 24.0 Å². The molecule has 1 aliphatic rings. The third kappa shape index (κ3) is 6.68. The summed E-state index contributed by atoms with van der Waals surface area (Å²) in [5.41, 5.74) is -1.56. The Morgan fingerprint density at radius 2 is 1.95 bits per heavy atom. The maximum Gasteiger partial charge on any atom is 0.459 e. The summed E-state index contributed by atoms with van der Waals surface area (Å²) in [4.78, 5) is 27.3. The van der Waals surface area contributed by atoms with Gasteiger partial charge in [-0.15, -0.1) is 0 Å². The number of hydrogen-bond acceptors (Lipinski definition) is 11. The molecule has 2 aromatic heterocycles. The second-order valence-electron chi connectivity index (χ2n) is 10.5. The Labute approximate surface area is 237 Å². The van der Waals surface area contributed by atoms with Crippen LogP contribution < -0.4 is 14.5 Å². The van der Waals surface area contributed by atoms with Crippen LogP contribution in [0.1, 0.15) is 39.7 Å². The topological polar surface area (TPSA) is 150 Å². The van der Waals surface area contributed by atoms with Gasteiger partial charge >= 0.3 is 13.7 Å². The zero-order valence-electron chi connectivity index (χ0n) is 24.0. The SMILES string of the molecule is Cc1nc(N(C)C)c2ncn([C@@H]3O[C@H](COP(=O)(N[C@@H](C)C(=O)OC(C)C)Oc4ccccc4)[C@@H](O)[C@@]3(C)F)c2n1. The van der Waals surface area contributed by atoms with Gasteiger partial charge in [0.2, 0.25) is 0 Å². The number of anilines is 1. The normalized spacial score (nSPS) is 24.8. The summed E-state index contributed by atoms with van der Waals surface area (Å²) in [5, 5.41) is 13.5. The van der Waals surface area contributed by atoms with Crippen molar-refractivity contribution in [1.82, 2.24) is 24.6 Å². The molecule has 1 aliphatic heterocycles. The lowest BCUT2D eigenvalue weighted by atomic mass is 9.98. The number of carbonyl (C=O) groups is 1. The number of nitrogens with zero attached hydrogens (tertiary/aromatic N) is 5. The fourth-order valence-corrected chi connectivity index (χ4v) is 5.85. The minimum absolute atomic E-state index is 0.200. The van der Waals surface area contributed by atoms with Crippen LogP contribution in [0, 0.1) is 6.92 Å². The average molecular weight is 595 g/mol. The molecule has 224 valence electrons. The number of fused-ring (bicyclic) bond motifs is 1. The smallest absolute Gasteiger partial charge is 0.459 e. The predicted octanol–water partition coefficient (Wildman–Crippen LogP) is 3.32. The van der Waals surface area contributed by atoms with E-state index in [9.17, 15) is 14.5 Å². The second-order valence-corrected chi connectivity index (χ2v) is 12.2. The molecule has 0 saturated carbocycles. The van der Waals surface area contributed by atoms with E-state index in [0.29, 0.717) is 22.8 Å². The van der Waals surface area contributed by atoms with Gasteiger partial charge in [-0.3, -0.25) is 13.9 Å². The van der Waals surface area contributed by atoms with Crippen LogP contribution in [-0.4, -0.2) is 81.3 Å². The van der Waals surface area contributed by atoms with Crippen molar-refractivity contribution in [2.45, 2.75) is 70.9 Å². The molecule has 41 heavy (non-hydrogen) atoms. The molecule has 1 saturated heterocycles. The lowest BCUT2D eigenvalue weighted by Gasteiger charge is -2.25. The van der Waals surface area contributed by atoms with Crippen molar-refractivity contribution in [2.75, 3.05) is 25.6 Å². The number of carbonyl (C=O) groups excluding carboxylic acids is 1. The van der Waals surface area contributed by atoms with Gasteiger partial charge in [0.25, 0.3) is 0 Å². The molecule has 6 atom stereocenters. The number of aliphatic hydroxyl groups is 1. The van der Waals surface area contributed by atoms with Gasteiger partial charge in [0, 0.05) is 14.1 Å². The third-order valence-corrected chi connectivity index (χ3v) is 7.99. The molecule has 15 heteroatoms. The van der Waals surface area contributed by atoms with E-state index < -0.39 is 56.6 Å². The predicted molar refractivity (Wildman–Crippen MR) is 148 cm³/mol. The number of aromatic nitrogens is 4. The number of esters is 1. The monoisotopic (exact) mass is 594 g/mol. The largest absolute Gasteiger partial charge is 0.462 e. The fourth-order valence-electron chi connectivity index (χ4n) is 4.35. The van der Waals surface area contributed by atoms with Crippen molar-refractivity contribution in [1.29, 1.82) is 0 Å². The molecule has 3 heterocycles. The van der Waals surface area contributed by atoms with E-state index in [2.05, 4.69) is 20.0 Å². The first-order valence-corrected chi connectivity index (χ1v) is 14.6. The van der Waals surface area contributed by atoms with E-state index in [1.54, 1.807) is 70.1 Å². The van der Waals surface area contributed by atoms with Crippen molar-refractivity contribution in [3.05, 3.63) is 42.5 Å². The molecule has 3 aromatic rings. The van der Waals surface area contributed by atoms with Crippen LogP contribution in [0.5, 0.6) is 5.75 Å². The number of aryl methyl sites for hydroxylation is 1. The van der Waals surface area contributed by atoms with Crippen LogP contribution in [0.15, 0.2) is 36.7 Å². The van der Waals surface area contributed by atoms with Crippen molar-refractivity contribution in [2.24, 2.45) is 0 Å². The molecule has 1 fully saturated rings. The standard InChI is InChI=1S/C26H36FN6O7P/c1-15(2)38-24(35)16(3)31-41(36,40-18-11-9-8-10-12-18)37-13-19-21(34)26(5,27)25(39-19)33-14-28-20-22(32(6)7)29-17(4)30-23(20)33/h8-12,14-16,19,21,25,34H,13H2,1-7H3,(H,31,36)/t16-,19+,21+,25+,26+,41?/m0/s1. The summed E-state index contributed by atoms with van der Waals surface area (Å²) in [6, 6.07) is 7.11. The maximum atomic E-state index is 16.1. The van der Waals surface area contributed by atoms with Gasteiger partial charge in [0.1, 0.15) is 29.8 Å². The Balaban J connectivity index is 1.57. The highest BCUT2D eigenvalue weighted by molar-refractivity contribution is 7.52. The van der Waals surface area contributed by atoms with E-state index in [1.165, 1.54) is 24.7 Å². The van der Waals surface area contributed by atoms with Crippen LogP contribution in [0.3, 0.4) is 0 Å². The quantitative estimate of drug-likeness (QED) is 0.248. The van der Waals surface area contributed by atoms with E-state index in [1.807, 2.05) is 0 Å². The Kier molecular flexibility index (Phi) is 9.00. The van der Waals surface area contributed by atoms with Crippen LogP contribution in [0.25, 0.3) is 11.2 Å². The molecule has 2 N–H and O–H groups in total. The molecule has 1 aromatic carbocycles. The molecule has 0 aliphatic carbocycles. The molecule has 0 bridgehead atoms. The van der Waals surface area contributed by atoms with Gasteiger partial charge in [-0.05, 0) is 46.8 Å². The summed E-state index contributed by atoms with van der Waals surface area (Å²) < 4.78 is 53.6. The van der Waals surface area contributed by atoms with Crippen molar-refractivity contribution >= 4 is 30.7 Å². The van der Waals surface area contributed by atoms with Gasteiger partial charge in [-0.1, -0.05) is 18.2 Å². The first-order chi connectivity index (χ1) is 19.2. The lowest BCUT2D eigenvalue weighted by molar-refractivity contribution is -0.149. The Bertz CT molecular complexity index is 1420. The summed E-state index contributed by atoms with van der Waals surface area (Å²) >= 11 is 0. The number of benzene rings is 1. The highest BCUT2D eigenvalue weighted by Crippen LogP contribution is 2.48. The lowest BCUT2D eigenvalue weighted by Crippen LogP contribution is -2.41. The fraction of sp³-hybridized carbons (Fsp3) is 0.538. The van der Waals surface area contributed by atoms with E-state index in [0.717, 1.165) is 0 Å². The van der Waals surface area contributed by atoms with Crippen LogP contribution >= 0.6 is 7.75 Å². The number of rotatable bonds is 11. The molecule has 13 nitrogen and oxygen atoms in total. The summed E-state index contributed by atoms with van der Waals surface area (Å²) in [6.07, 6.45) is -3.32. The number of nitrogens with one attached hydrogen (secondary N) is 1. The van der Waals surface area contributed by atoms with Crippen molar-refractivity contribution < 1.29 is 37.4 Å². The summed E-state index contributed by atoms with van der Waals surface area (Å²) in [7, 11) is -0.665. The zero-order valence-corrected chi connectivity index (χ0v) is 24.9. The molecule has 0 radical (unpaired) electrons. The maximum absolute atomic E-state index is 16.1. The van der Waals surface area contributed by atoms with Crippen LogP contribution in [0.4, 0.5) is 10.2 Å². The molecule has 0 amide bonds. The number of imidazole rings is 1. The van der Waals surface area contributed by atoms with Gasteiger partial charge in [0.15, 0.2) is 28.9 Å². The van der Waals surface area contributed by atoms with Gasteiger partial charge in [0.05, 0.1) is 19.0 Å². The van der Waals surface area contributed by atoms with Crippen LogP contribution in [0.2, 0.25) is 0 Å². The van der Waals surface area contributed by atoms with Crippen molar-refractivity contribution in [3.63, 3.8) is 0 Å². The highest BCUT2D eigenvalue weighted by atomic mass is 31.2. The number of para-hydroxylation sites is 1. The minimum Gasteiger partial charge on any atom is -0.462 e. The molecule has 0 spiro atoms. The average Bonchev–Trinajstić information content (AvgIpc) is 3.40. The first kappa shape index (κ1) is 30.8. The third-order valence-electron chi connectivity index (χ3n) is 6.34. The van der Waals surface area contributed by atoms with E-state index in [4.69, 9.17) is 18.5 Å². The number of alkyl halides is 1. The van der Waals surface area contributed by atoms with Crippen molar-refractivity contribution in [3.8, 4) is 5.75 Å². The number of ether oxygens (including phenoxy) is 2. The Morgan fingerprint density at radius 1 is 1.27 bits per heavy atom. The van der Waals surface area contributed by atoms with Crippen LogP contribution in [-0.2, 0) is 23.4 Å². The first-order valence-electron chi connectivity index (χ1n) is 13.1. The Hall–Kier alpha value is -3.16. The summed E-state index contributed by atoms with van der Waals surface area (Å²) in [5.74, 6) is 0.512. The van der Waals surface area contributed by atoms with E-state index in [-0.39, 0.29) is 5.75 Å². The Morgan fingerprint density at radius 3 is 2.59 bits per heavy atom. The summed E-state index contributed by atoms with van der Waals surface area (Å²) in [6.45, 7) is 7.17. The molecular weight excluding hydrogens is 558 g/mol. The van der Waals surface area contributed by atoms with Gasteiger partial charge in [-0.2, -0.15) is 5.09 Å². The molecule has 4 rings (SSSR count). The number of hydrogen-bond donors (Lipinski definition) is 2. The van der Waals surface area contributed by atoms with Gasteiger partial charge in [-0.25, -0.2) is 23.9 Å². The van der Waals surface area contributed by atoms with E-state index >= 15 is 4.39 Å². The zero-order chi connectivity index (χ0) is 30.1. The minimum atomic E-state index is -4.27. The number of aliphatic hydroxyl groups excluding tert-OH is 1. The number of halogens is 1. The molecule has 1 unspecified atom stereocenters. The second kappa shape index (κ2) is 12.0. The highest BCUT2D eigenvalue weighted by Gasteiger charge is 2.56.